The highest BCUT2D eigenvalue weighted by Gasteiger charge is 2.37. The topological polar surface area (TPSA) is 71.8 Å². The summed E-state index contributed by atoms with van der Waals surface area (Å²) in [6.45, 7) is 2.13. The van der Waals surface area contributed by atoms with E-state index in [1.165, 1.54) is 4.90 Å². The molecule has 1 aliphatic rings. The summed E-state index contributed by atoms with van der Waals surface area (Å²) in [5, 5.41) is 11.0. The number of para-hydroxylation sites is 1. The Balaban J connectivity index is 1.87. The van der Waals surface area contributed by atoms with E-state index in [4.69, 9.17) is 4.74 Å². The summed E-state index contributed by atoms with van der Waals surface area (Å²) < 4.78 is 7.65. The Morgan fingerprint density at radius 3 is 2.38 bits per heavy atom. The second-order valence-corrected chi connectivity index (χ2v) is 8.37. The lowest BCUT2D eigenvalue weighted by molar-refractivity contribution is -0.145. The summed E-state index contributed by atoms with van der Waals surface area (Å²) >= 11 is 0. The number of carbonyl (C=O) groups excluding carboxylic acids is 2. The smallest absolute Gasteiger partial charge is 0.315 e. The number of nitrogens with zero attached hydrogens (tertiary/aromatic N) is 2. The monoisotopic (exact) mass is 454 g/mol. The van der Waals surface area contributed by atoms with Gasteiger partial charge >= 0.3 is 5.97 Å². The molecule has 0 saturated carbocycles. The lowest BCUT2D eigenvalue weighted by Gasteiger charge is -2.29. The lowest BCUT2D eigenvalue weighted by atomic mass is 9.88. The van der Waals surface area contributed by atoms with Gasteiger partial charge in [0, 0.05) is 40.7 Å². The highest BCUT2D eigenvalue weighted by atomic mass is 16.5. The summed E-state index contributed by atoms with van der Waals surface area (Å²) in [7, 11) is 0. The van der Waals surface area contributed by atoms with Gasteiger partial charge in [-0.25, -0.2) is 0 Å². The molecule has 172 valence electrons. The number of fused-ring (bicyclic) bond motifs is 5. The number of benzene rings is 3. The van der Waals surface area contributed by atoms with E-state index in [-0.39, 0.29) is 19.1 Å². The molecule has 1 amide bonds. The molecule has 6 nitrogen and oxygen atoms in total. The molecule has 0 saturated heterocycles. The van der Waals surface area contributed by atoms with Crippen molar-refractivity contribution in [2.45, 2.75) is 19.4 Å². The molecule has 5 rings (SSSR count). The third-order valence-corrected chi connectivity index (χ3v) is 6.39. The summed E-state index contributed by atoms with van der Waals surface area (Å²) in [4.78, 5) is 28.0. The van der Waals surface area contributed by atoms with Crippen molar-refractivity contribution in [3.8, 4) is 11.3 Å². The molecule has 34 heavy (non-hydrogen) atoms. The summed E-state index contributed by atoms with van der Waals surface area (Å²) in [6.07, 6.45) is 0. The van der Waals surface area contributed by atoms with Crippen LogP contribution in [-0.4, -0.2) is 46.3 Å². The quantitative estimate of drug-likeness (QED) is 0.454. The van der Waals surface area contributed by atoms with Crippen molar-refractivity contribution in [2.75, 3.05) is 19.9 Å². The van der Waals surface area contributed by atoms with Crippen LogP contribution in [0.25, 0.3) is 22.2 Å². The number of hydrogen-bond acceptors (Lipinski definition) is 4. The molecule has 3 aromatic carbocycles. The van der Waals surface area contributed by atoms with E-state index in [9.17, 15) is 14.7 Å². The van der Waals surface area contributed by atoms with Crippen molar-refractivity contribution in [3.05, 3.63) is 95.6 Å². The van der Waals surface area contributed by atoms with Crippen molar-refractivity contribution in [1.82, 2.24) is 9.47 Å². The number of aromatic nitrogens is 1. The van der Waals surface area contributed by atoms with Gasteiger partial charge in [-0.05, 0) is 24.6 Å². The van der Waals surface area contributed by atoms with Crippen molar-refractivity contribution in [3.63, 3.8) is 0 Å². The van der Waals surface area contributed by atoms with Gasteiger partial charge in [0.25, 0.3) is 5.91 Å². The molecule has 1 atom stereocenters. The van der Waals surface area contributed by atoms with Crippen LogP contribution in [-0.2, 0) is 16.1 Å². The Morgan fingerprint density at radius 1 is 0.971 bits per heavy atom. The van der Waals surface area contributed by atoms with Crippen LogP contribution in [0.2, 0.25) is 0 Å². The molecule has 6 heteroatoms. The van der Waals surface area contributed by atoms with Crippen LogP contribution >= 0.6 is 0 Å². The summed E-state index contributed by atoms with van der Waals surface area (Å²) in [6, 6.07) is 25.5. The van der Waals surface area contributed by atoms with Crippen LogP contribution < -0.4 is 0 Å². The van der Waals surface area contributed by atoms with Gasteiger partial charge in [0.15, 0.2) is 0 Å². The number of ether oxygens (including phenoxy) is 1. The Labute approximate surface area is 198 Å². The van der Waals surface area contributed by atoms with E-state index in [2.05, 4.69) is 16.7 Å². The number of aliphatic hydroxyl groups is 1. The van der Waals surface area contributed by atoms with Gasteiger partial charge in [-0.2, -0.15) is 0 Å². The Morgan fingerprint density at radius 2 is 1.65 bits per heavy atom. The van der Waals surface area contributed by atoms with Gasteiger partial charge in [0.2, 0.25) is 0 Å². The largest absolute Gasteiger partial charge is 0.465 e. The van der Waals surface area contributed by atoms with Crippen LogP contribution in [0.15, 0.2) is 78.9 Å². The van der Waals surface area contributed by atoms with Crippen LogP contribution in [0.1, 0.15) is 34.3 Å². The van der Waals surface area contributed by atoms with Crippen LogP contribution in [0, 0.1) is 0 Å². The van der Waals surface area contributed by atoms with Gasteiger partial charge < -0.3 is 19.3 Å². The zero-order valence-corrected chi connectivity index (χ0v) is 19.0. The van der Waals surface area contributed by atoms with E-state index in [1.807, 2.05) is 60.7 Å². The van der Waals surface area contributed by atoms with Crippen molar-refractivity contribution < 1.29 is 19.4 Å². The fourth-order valence-corrected chi connectivity index (χ4v) is 4.90. The highest BCUT2D eigenvalue weighted by molar-refractivity contribution is 6.06. The third-order valence-electron chi connectivity index (χ3n) is 6.39. The maximum absolute atomic E-state index is 13.4. The van der Waals surface area contributed by atoms with Crippen molar-refractivity contribution in [2.24, 2.45) is 0 Å². The van der Waals surface area contributed by atoms with Crippen LogP contribution in [0.5, 0.6) is 0 Å². The summed E-state index contributed by atoms with van der Waals surface area (Å²) in [5.41, 5.74) is 4.99. The van der Waals surface area contributed by atoms with Gasteiger partial charge in [0.1, 0.15) is 12.6 Å². The van der Waals surface area contributed by atoms with E-state index < -0.39 is 18.6 Å². The molecular formula is C28H26N2O4. The lowest BCUT2D eigenvalue weighted by Crippen LogP contribution is -2.39. The summed E-state index contributed by atoms with van der Waals surface area (Å²) in [5.74, 6) is -1.45. The Hall–Kier alpha value is -3.90. The standard InChI is InChI=1S/C28H26N2O4/c1-2-34-28(33)23-17-29(18-31)27(32)21-13-7-6-12-20(21)26-25(23)22-14-8-9-15-24(22)30(26)16-19-10-4-3-5-11-19/h3-15,23,31H,2,16-18H2,1H3/t23-/m0/s1. The van der Waals surface area contributed by atoms with Gasteiger partial charge in [-0.1, -0.05) is 66.7 Å². The van der Waals surface area contributed by atoms with E-state index in [1.54, 1.807) is 13.0 Å². The highest BCUT2D eigenvalue weighted by Crippen LogP contribution is 2.42. The zero-order chi connectivity index (χ0) is 23.7. The van der Waals surface area contributed by atoms with Gasteiger partial charge in [-0.3, -0.25) is 9.59 Å². The first-order valence-corrected chi connectivity index (χ1v) is 11.4. The van der Waals surface area contributed by atoms with Crippen LogP contribution in [0.4, 0.5) is 0 Å². The van der Waals surface area contributed by atoms with Crippen molar-refractivity contribution >= 4 is 22.8 Å². The van der Waals surface area contributed by atoms with E-state index in [0.717, 1.165) is 33.3 Å². The van der Waals surface area contributed by atoms with Crippen molar-refractivity contribution in [1.29, 1.82) is 0 Å². The maximum Gasteiger partial charge on any atom is 0.315 e. The number of amides is 1. The Kier molecular flexibility index (Phi) is 5.90. The average Bonchev–Trinajstić information content (AvgIpc) is 3.17. The molecular weight excluding hydrogens is 428 g/mol. The zero-order valence-electron chi connectivity index (χ0n) is 19.0. The molecule has 1 aromatic heterocycles. The minimum atomic E-state index is -0.735. The third kappa shape index (κ3) is 3.66. The number of esters is 1. The molecule has 0 fully saturated rings. The predicted octanol–water partition coefficient (Wildman–Crippen LogP) is 4.41. The molecule has 2 heterocycles. The molecule has 1 N–H and O–H groups in total. The number of hydrogen-bond donors (Lipinski definition) is 1. The fraction of sp³-hybridized carbons (Fsp3) is 0.214. The molecule has 0 radical (unpaired) electrons. The number of aliphatic hydroxyl groups excluding tert-OH is 1. The second kappa shape index (κ2) is 9.15. The van der Waals surface area contributed by atoms with E-state index in [0.29, 0.717) is 12.1 Å². The molecule has 0 spiro atoms. The predicted molar refractivity (Wildman–Crippen MR) is 130 cm³/mol. The molecule has 4 aromatic rings. The Bertz CT molecular complexity index is 1360. The SMILES string of the molecule is CCOC(=O)[C@H]1CN(CO)C(=O)c2ccccc2-c2c1c1ccccc1n2Cc1ccccc1. The second-order valence-electron chi connectivity index (χ2n) is 8.37. The normalized spacial score (nSPS) is 15.4. The van der Waals surface area contributed by atoms with Gasteiger partial charge in [0.05, 0.1) is 12.3 Å². The van der Waals surface area contributed by atoms with Gasteiger partial charge in [-0.15, -0.1) is 0 Å². The first-order valence-electron chi connectivity index (χ1n) is 11.4. The minimum absolute atomic E-state index is 0.0366. The number of carbonyl (C=O) groups is 2. The fourth-order valence-electron chi connectivity index (χ4n) is 4.90. The average molecular weight is 455 g/mol. The molecule has 0 unspecified atom stereocenters. The maximum atomic E-state index is 13.4. The minimum Gasteiger partial charge on any atom is -0.465 e. The molecule has 1 aliphatic heterocycles. The van der Waals surface area contributed by atoms with E-state index >= 15 is 0 Å². The molecule has 0 aliphatic carbocycles. The molecule has 0 bridgehead atoms. The van der Waals surface area contributed by atoms with Crippen LogP contribution in [0.3, 0.4) is 0 Å². The number of rotatable bonds is 5. The first-order chi connectivity index (χ1) is 16.6. The first kappa shape index (κ1) is 21.9.